The van der Waals surface area contributed by atoms with Crippen molar-refractivity contribution in [3.8, 4) is 0 Å². The van der Waals surface area contributed by atoms with Crippen molar-refractivity contribution in [1.29, 1.82) is 0 Å². The molecule has 1 aromatic carbocycles. The van der Waals surface area contributed by atoms with Crippen LogP contribution in [0.1, 0.15) is 24.0 Å². The van der Waals surface area contributed by atoms with Gasteiger partial charge < -0.3 is 14.4 Å². The minimum Gasteiger partial charge on any atom is -0.376 e. The van der Waals surface area contributed by atoms with Crippen LogP contribution in [0.3, 0.4) is 0 Å². The Morgan fingerprint density at radius 1 is 0.958 bits per heavy atom. The third kappa shape index (κ3) is 3.99. The summed E-state index contributed by atoms with van der Waals surface area (Å²) in [5.41, 5.74) is 3.14. The van der Waals surface area contributed by atoms with Gasteiger partial charge in [0.05, 0.1) is 25.9 Å². The Morgan fingerprint density at radius 3 is 2.54 bits per heavy atom. The third-order valence-electron chi connectivity index (χ3n) is 5.82. The molecule has 132 valence electrons. The minimum absolute atomic E-state index is 0.308. The average Bonchev–Trinajstić information content (AvgIpc) is 2.92. The van der Waals surface area contributed by atoms with Gasteiger partial charge in [0.15, 0.2) is 0 Å². The summed E-state index contributed by atoms with van der Waals surface area (Å²) in [6.07, 6.45) is 5.18. The Kier molecular flexibility index (Phi) is 5.48. The van der Waals surface area contributed by atoms with Crippen molar-refractivity contribution in [2.75, 3.05) is 52.5 Å². The first kappa shape index (κ1) is 16.5. The fraction of sp³-hybridized carbons (Fsp3) is 0.700. The fourth-order valence-corrected chi connectivity index (χ4v) is 4.40. The van der Waals surface area contributed by atoms with E-state index in [1.807, 2.05) is 0 Å². The van der Waals surface area contributed by atoms with E-state index < -0.39 is 0 Å². The van der Waals surface area contributed by atoms with Gasteiger partial charge in [0.2, 0.25) is 0 Å². The first-order chi connectivity index (χ1) is 11.9. The number of benzene rings is 1. The maximum Gasteiger partial charge on any atom is 0.0821 e. The Morgan fingerprint density at radius 2 is 1.79 bits per heavy atom. The molecular weight excluding hydrogens is 300 g/mol. The Labute approximate surface area is 145 Å². The molecule has 0 radical (unpaired) electrons. The summed E-state index contributed by atoms with van der Waals surface area (Å²) in [5.74, 6) is 0. The van der Waals surface area contributed by atoms with Crippen molar-refractivity contribution < 1.29 is 9.47 Å². The molecule has 2 aliphatic heterocycles. The molecule has 4 rings (SSSR count). The van der Waals surface area contributed by atoms with Crippen molar-refractivity contribution in [3.05, 3.63) is 35.4 Å². The van der Waals surface area contributed by atoms with Crippen LogP contribution in [-0.2, 0) is 22.3 Å². The maximum absolute atomic E-state index is 5.78. The summed E-state index contributed by atoms with van der Waals surface area (Å²) >= 11 is 0. The minimum atomic E-state index is 0.308. The number of ether oxygens (including phenoxy) is 2. The molecule has 4 heteroatoms. The van der Waals surface area contributed by atoms with Gasteiger partial charge in [0, 0.05) is 25.7 Å². The topological polar surface area (TPSA) is 24.9 Å². The highest BCUT2D eigenvalue weighted by atomic mass is 16.6. The largest absolute Gasteiger partial charge is 0.376 e. The van der Waals surface area contributed by atoms with Gasteiger partial charge in [-0.25, -0.2) is 0 Å². The zero-order valence-corrected chi connectivity index (χ0v) is 14.7. The van der Waals surface area contributed by atoms with E-state index in [0.29, 0.717) is 6.10 Å². The molecule has 0 N–H and O–H groups in total. The van der Waals surface area contributed by atoms with Crippen LogP contribution >= 0.6 is 0 Å². The van der Waals surface area contributed by atoms with Crippen molar-refractivity contribution in [2.24, 2.45) is 0 Å². The van der Waals surface area contributed by atoms with Gasteiger partial charge in [-0.1, -0.05) is 24.3 Å². The lowest BCUT2D eigenvalue weighted by Gasteiger charge is -2.28. The average molecular weight is 330 g/mol. The van der Waals surface area contributed by atoms with Crippen molar-refractivity contribution >= 4 is 0 Å². The van der Waals surface area contributed by atoms with Gasteiger partial charge >= 0.3 is 0 Å². The second kappa shape index (κ2) is 7.96. The molecule has 2 heterocycles. The predicted molar refractivity (Wildman–Crippen MR) is 95.4 cm³/mol. The van der Waals surface area contributed by atoms with Crippen molar-refractivity contribution in [1.82, 2.24) is 9.80 Å². The molecule has 0 saturated carbocycles. The standard InChI is InChI=1S/C20H30N2O2/c1-2-5-18-15-19(14-17(18)4-1)22-8-3-7-21(10-11-22)9-6-20-16-23-12-13-24-20/h1-2,4-5,19-20H,3,6-16H2. The van der Waals surface area contributed by atoms with Gasteiger partial charge in [-0.15, -0.1) is 0 Å². The zero-order chi connectivity index (χ0) is 16.2. The molecule has 24 heavy (non-hydrogen) atoms. The maximum atomic E-state index is 5.78. The summed E-state index contributed by atoms with van der Waals surface area (Å²) < 4.78 is 11.3. The molecule has 0 bridgehead atoms. The monoisotopic (exact) mass is 330 g/mol. The molecule has 3 aliphatic rings. The van der Waals surface area contributed by atoms with Crippen LogP contribution in [0.2, 0.25) is 0 Å². The van der Waals surface area contributed by atoms with Gasteiger partial charge in [-0.05, 0) is 49.9 Å². The Hall–Kier alpha value is -0.940. The predicted octanol–water partition coefficient (Wildman–Crippen LogP) is 1.97. The second-order valence-electron chi connectivity index (χ2n) is 7.42. The molecule has 0 amide bonds. The zero-order valence-electron chi connectivity index (χ0n) is 14.7. The van der Waals surface area contributed by atoms with Crippen LogP contribution in [0, 0.1) is 0 Å². The summed E-state index contributed by atoms with van der Waals surface area (Å²) in [5, 5.41) is 0. The van der Waals surface area contributed by atoms with Crippen LogP contribution in [-0.4, -0.2) is 74.5 Å². The van der Waals surface area contributed by atoms with Crippen LogP contribution in [0.5, 0.6) is 0 Å². The molecule has 1 unspecified atom stereocenters. The van der Waals surface area contributed by atoms with E-state index in [1.165, 1.54) is 45.4 Å². The molecular formula is C20H30N2O2. The first-order valence-corrected chi connectivity index (χ1v) is 9.61. The van der Waals surface area contributed by atoms with Crippen LogP contribution in [0.4, 0.5) is 0 Å². The van der Waals surface area contributed by atoms with E-state index in [-0.39, 0.29) is 0 Å². The smallest absolute Gasteiger partial charge is 0.0821 e. The van der Waals surface area contributed by atoms with Crippen LogP contribution in [0.15, 0.2) is 24.3 Å². The van der Waals surface area contributed by atoms with Crippen LogP contribution in [0.25, 0.3) is 0 Å². The lowest BCUT2D eigenvalue weighted by molar-refractivity contribution is -0.0926. The number of hydrogen-bond donors (Lipinski definition) is 0. The van der Waals surface area contributed by atoms with Crippen LogP contribution < -0.4 is 0 Å². The summed E-state index contributed by atoms with van der Waals surface area (Å²) in [6, 6.07) is 9.71. The molecule has 4 nitrogen and oxygen atoms in total. The highest BCUT2D eigenvalue weighted by molar-refractivity contribution is 5.33. The molecule has 0 aromatic heterocycles. The molecule has 2 fully saturated rings. The number of hydrogen-bond acceptors (Lipinski definition) is 4. The first-order valence-electron chi connectivity index (χ1n) is 9.61. The van der Waals surface area contributed by atoms with E-state index in [1.54, 1.807) is 11.1 Å². The summed E-state index contributed by atoms with van der Waals surface area (Å²) in [4.78, 5) is 5.36. The van der Waals surface area contributed by atoms with Gasteiger partial charge in [-0.3, -0.25) is 4.90 Å². The quantitative estimate of drug-likeness (QED) is 0.843. The highest BCUT2D eigenvalue weighted by Crippen LogP contribution is 2.26. The fourth-order valence-electron chi connectivity index (χ4n) is 4.40. The van der Waals surface area contributed by atoms with Gasteiger partial charge in [-0.2, -0.15) is 0 Å². The van der Waals surface area contributed by atoms with E-state index in [9.17, 15) is 0 Å². The summed E-state index contributed by atoms with van der Waals surface area (Å²) in [7, 11) is 0. The lowest BCUT2D eigenvalue weighted by atomic mass is 10.1. The molecule has 1 aliphatic carbocycles. The lowest BCUT2D eigenvalue weighted by Crippen LogP contribution is -2.39. The Balaban J connectivity index is 1.24. The van der Waals surface area contributed by atoms with Crippen molar-refractivity contribution in [3.63, 3.8) is 0 Å². The third-order valence-corrected chi connectivity index (χ3v) is 5.82. The highest BCUT2D eigenvalue weighted by Gasteiger charge is 2.28. The normalized spacial score (nSPS) is 27.1. The number of fused-ring (bicyclic) bond motifs is 1. The molecule has 2 saturated heterocycles. The Bertz CT molecular complexity index is 505. The summed E-state index contributed by atoms with van der Waals surface area (Å²) in [6.45, 7) is 8.33. The van der Waals surface area contributed by atoms with E-state index in [2.05, 4.69) is 34.1 Å². The second-order valence-corrected chi connectivity index (χ2v) is 7.42. The molecule has 1 atom stereocenters. The molecule has 1 aromatic rings. The van der Waals surface area contributed by atoms with E-state index in [0.717, 1.165) is 38.8 Å². The SMILES string of the molecule is c1ccc2c(c1)CC(N1CCCN(CCC3COCCO3)CC1)C2. The molecule has 0 spiro atoms. The number of nitrogens with zero attached hydrogens (tertiary/aromatic N) is 2. The van der Waals surface area contributed by atoms with E-state index in [4.69, 9.17) is 9.47 Å². The van der Waals surface area contributed by atoms with E-state index >= 15 is 0 Å². The van der Waals surface area contributed by atoms with Gasteiger partial charge in [0.25, 0.3) is 0 Å². The van der Waals surface area contributed by atoms with Crippen molar-refractivity contribution in [2.45, 2.75) is 37.8 Å². The number of rotatable bonds is 4. The van der Waals surface area contributed by atoms with Gasteiger partial charge in [0.1, 0.15) is 0 Å².